The third-order valence-electron chi connectivity index (χ3n) is 3.69. The van der Waals surface area contributed by atoms with Crippen molar-refractivity contribution < 1.29 is 19.1 Å². The highest BCUT2D eigenvalue weighted by Crippen LogP contribution is 2.28. The zero-order valence-corrected chi connectivity index (χ0v) is 13.6. The molecule has 0 aliphatic carbocycles. The Hall–Kier alpha value is -2.08. The Morgan fingerprint density at radius 3 is 2.41 bits per heavy atom. The lowest BCUT2D eigenvalue weighted by Crippen LogP contribution is -2.46. The van der Waals surface area contributed by atoms with Gasteiger partial charge in [0.25, 0.3) is 5.91 Å². The van der Waals surface area contributed by atoms with Crippen LogP contribution in [0.1, 0.15) is 29.5 Å². The molecule has 0 saturated heterocycles. The first kappa shape index (κ1) is 16.3. The second kappa shape index (κ2) is 6.79. The van der Waals surface area contributed by atoms with Crippen molar-refractivity contribution >= 4 is 27.8 Å². The molecule has 116 valence electrons. The molecule has 2 aromatic rings. The highest BCUT2D eigenvalue weighted by Gasteiger charge is 2.39. The van der Waals surface area contributed by atoms with E-state index in [0.717, 1.165) is 0 Å². The molecular weight excluding hydrogens is 350 g/mol. The second-order valence-electron chi connectivity index (χ2n) is 4.89. The number of benzene rings is 1. The van der Waals surface area contributed by atoms with Gasteiger partial charge in [-0.3, -0.25) is 9.59 Å². The fourth-order valence-corrected chi connectivity index (χ4v) is 2.60. The number of nitrogens with one attached hydrogen (secondary N) is 1. The molecule has 1 heterocycles. The van der Waals surface area contributed by atoms with Crippen LogP contribution in [0.4, 0.5) is 0 Å². The fourth-order valence-electron chi connectivity index (χ4n) is 2.29. The number of hydrogen-bond donors (Lipinski definition) is 2. The molecule has 0 fully saturated rings. The smallest absolute Gasteiger partial charge is 0.315 e. The summed E-state index contributed by atoms with van der Waals surface area (Å²) in [6, 6.07) is 12.0. The first-order valence-corrected chi connectivity index (χ1v) is 7.61. The van der Waals surface area contributed by atoms with Crippen LogP contribution < -0.4 is 5.32 Å². The van der Waals surface area contributed by atoms with Crippen molar-refractivity contribution in [3.63, 3.8) is 0 Å². The van der Waals surface area contributed by atoms with Crippen LogP contribution in [-0.4, -0.2) is 23.5 Å². The van der Waals surface area contributed by atoms with E-state index in [1.165, 1.54) is 6.07 Å². The van der Waals surface area contributed by atoms with Crippen LogP contribution in [0.2, 0.25) is 0 Å². The summed E-state index contributed by atoms with van der Waals surface area (Å²) in [4.78, 5) is 23.9. The number of hydrogen-bond acceptors (Lipinski definition) is 3. The Balaban J connectivity index is 2.21. The number of carboxylic acid groups (broad SMARTS) is 1. The molecule has 0 bridgehead atoms. The zero-order chi connectivity index (χ0) is 16.2. The summed E-state index contributed by atoms with van der Waals surface area (Å²) in [5, 5.41) is 12.3. The van der Waals surface area contributed by atoms with E-state index in [-0.39, 0.29) is 12.3 Å². The van der Waals surface area contributed by atoms with Crippen LogP contribution in [0.3, 0.4) is 0 Å². The van der Waals surface area contributed by atoms with Crippen molar-refractivity contribution in [1.82, 2.24) is 5.32 Å². The van der Waals surface area contributed by atoms with Crippen LogP contribution in [0, 0.1) is 0 Å². The Bertz CT molecular complexity index is 668. The molecule has 0 aliphatic heterocycles. The Morgan fingerprint density at radius 1 is 1.23 bits per heavy atom. The zero-order valence-electron chi connectivity index (χ0n) is 12.0. The largest absolute Gasteiger partial charge is 0.481 e. The van der Waals surface area contributed by atoms with Gasteiger partial charge < -0.3 is 14.8 Å². The SMILES string of the molecule is CCC(CNC(=O)c1ccc(Br)o1)(C(=O)O)c1ccccc1. The van der Waals surface area contributed by atoms with Crippen LogP contribution in [-0.2, 0) is 10.2 Å². The molecule has 0 aliphatic rings. The summed E-state index contributed by atoms with van der Waals surface area (Å²) in [6.45, 7) is 1.77. The average Bonchev–Trinajstić information content (AvgIpc) is 2.95. The van der Waals surface area contributed by atoms with Gasteiger partial charge in [0.05, 0.1) is 0 Å². The summed E-state index contributed by atoms with van der Waals surface area (Å²) in [7, 11) is 0. The third kappa shape index (κ3) is 3.22. The molecule has 1 aromatic heterocycles. The first-order valence-electron chi connectivity index (χ1n) is 6.82. The molecule has 1 amide bonds. The average molecular weight is 366 g/mol. The maximum absolute atomic E-state index is 12.1. The van der Waals surface area contributed by atoms with Gasteiger partial charge in [-0.15, -0.1) is 0 Å². The maximum atomic E-state index is 12.1. The maximum Gasteiger partial charge on any atom is 0.315 e. The molecule has 6 heteroatoms. The van der Waals surface area contributed by atoms with Crippen LogP contribution >= 0.6 is 15.9 Å². The molecular formula is C16H16BrNO4. The monoisotopic (exact) mass is 365 g/mol. The van der Waals surface area contributed by atoms with Crippen molar-refractivity contribution in [1.29, 1.82) is 0 Å². The van der Waals surface area contributed by atoms with Gasteiger partial charge in [-0.25, -0.2) is 0 Å². The lowest BCUT2D eigenvalue weighted by atomic mass is 9.78. The summed E-state index contributed by atoms with van der Waals surface area (Å²) in [5.74, 6) is -1.28. The van der Waals surface area contributed by atoms with E-state index in [1.54, 1.807) is 37.3 Å². The van der Waals surface area contributed by atoms with Crippen LogP contribution in [0.5, 0.6) is 0 Å². The van der Waals surface area contributed by atoms with E-state index in [2.05, 4.69) is 21.2 Å². The molecule has 1 atom stereocenters. The predicted octanol–water partition coefficient (Wildman–Crippen LogP) is 3.20. The fraction of sp³-hybridized carbons (Fsp3) is 0.250. The van der Waals surface area contributed by atoms with Gasteiger partial charge in [0.15, 0.2) is 10.4 Å². The summed E-state index contributed by atoms with van der Waals surface area (Å²) in [5.41, 5.74) is -0.508. The van der Waals surface area contributed by atoms with E-state index in [1.807, 2.05) is 6.07 Å². The minimum Gasteiger partial charge on any atom is -0.481 e. The second-order valence-corrected chi connectivity index (χ2v) is 5.67. The van der Waals surface area contributed by atoms with E-state index in [4.69, 9.17) is 4.42 Å². The lowest BCUT2D eigenvalue weighted by molar-refractivity contribution is -0.143. The first-order chi connectivity index (χ1) is 10.5. The molecule has 2 rings (SSSR count). The van der Waals surface area contributed by atoms with E-state index in [0.29, 0.717) is 16.7 Å². The van der Waals surface area contributed by atoms with Crippen LogP contribution in [0.15, 0.2) is 51.6 Å². The number of furan rings is 1. The van der Waals surface area contributed by atoms with Gasteiger partial charge in [-0.1, -0.05) is 37.3 Å². The Labute approximate surface area is 136 Å². The topological polar surface area (TPSA) is 79.5 Å². The number of carboxylic acids is 1. The molecule has 2 N–H and O–H groups in total. The van der Waals surface area contributed by atoms with Crippen LogP contribution in [0.25, 0.3) is 0 Å². The summed E-state index contributed by atoms with van der Waals surface area (Å²) >= 11 is 3.12. The van der Waals surface area contributed by atoms with Gasteiger partial charge in [-0.2, -0.15) is 0 Å². The third-order valence-corrected chi connectivity index (χ3v) is 4.11. The number of halogens is 1. The predicted molar refractivity (Wildman–Crippen MR) is 84.8 cm³/mol. The van der Waals surface area contributed by atoms with Crippen molar-refractivity contribution in [3.05, 3.63) is 58.5 Å². The Kier molecular flexibility index (Phi) is 5.03. The molecule has 0 saturated carbocycles. The summed E-state index contributed by atoms with van der Waals surface area (Å²) < 4.78 is 5.61. The van der Waals surface area contributed by atoms with Crippen molar-refractivity contribution in [2.75, 3.05) is 6.54 Å². The van der Waals surface area contributed by atoms with Gasteiger partial charge in [-0.05, 0) is 40.0 Å². The number of rotatable bonds is 6. The molecule has 1 unspecified atom stereocenters. The van der Waals surface area contributed by atoms with Gasteiger partial charge in [0, 0.05) is 6.54 Å². The molecule has 0 spiro atoms. The molecule has 5 nitrogen and oxygen atoms in total. The molecule has 0 radical (unpaired) electrons. The minimum absolute atomic E-state index is 0.0139. The van der Waals surface area contributed by atoms with Crippen molar-refractivity contribution in [3.8, 4) is 0 Å². The standard InChI is InChI=1S/C16H16BrNO4/c1-2-16(15(20)21,11-6-4-3-5-7-11)10-18-14(19)12-8-9-13(17)22-12/h3-9H,2,10H2,1H3,(H,18,19)(H,20,21). The van der Waals surface area contributed by atoms with Crippen molar-refractivity contribution in [2.45, 2.75) is 18.8 Å². The quantitative estimate of drug-likeness (QED) is 0.823. The van der Waals surface area contributed by atoms with Gasteiger partial charge in [0.2, 0.25) is 0 Å². The number of carbonyl (C=O) groups is 2. The highest BCUT2D eigenvalue weighted by atomic mass is 79.9. The van der Waals surface area contributed by atoms with Gasteiger partial charge in [0.1, 0.15) is 5.41 Å². The summed E-state index contributed by atoms with van der Waals surface area (Å²) in [6.07, 6.45) is 0.356. The number of aliphatic carboxylic acids is 1. The van der Waals surface area contributed by atoms with Crippen molar-refractivity contribution in [2.24, 2.45) is 0 Å². The molecule has 22 heavy (non-hydrogen) atoms. The van der Waals surface area contributed by atoms with E-state index >= 15 is 0 Å². The van der Waals surface area contributed by atoms with Gasteiger partial charge >= 0.3 is 5.97 Å². The normalized spacial score (nSPS) is 13.4. The minimum atomic E-state index is -1.17. The van der Waals surface area contributed by atoms with E-state index < -0.39 is 17.3 Å². The molecule has 1 aromatic carbocycles. The van der Waals surface area contributed by atoms with E-state index in [9.17, 15) is 14.7 Å². The number of amides is 1. The Morgan fingerprint density at radius 2 is 1.91 bits per heavy atom. The lowest BCUT2D eigenvalue weighted by Gasteiger charge is -2.28. The highest BCUT2D eigenvalue weighted by molar-refractivity contribution is 9.10. The number of carbonyl (C=O) groups excluding carboxylic acids is 1.